The van der Waals surface area contributed by atoms with Crippen LogP contribution in [0.4, 0.5) is 10.5 Å². The highest BCUT2D eigenvalue weighted by molar-refractivity contribution is 5.88. The molecule has 2 heterocycles. The van der Waals surface area contributed by atoms with Crippen LogP contribution in [-0.4, -0.2) is 27.7 Å². The monoisotopic (exact) mass is 245 g/mol. The van der Waals surface area contributed by atoms with E-state index in [2.05, 4.69) is 9.97 Å². The number of carboxylic acid groups (broad SMARTS) is 1. The normalized spacial score (nSPS) is 10.5. The molecule has 2 aromatic rings. The first kappa shape index (κ1) is 12.3. The summed E-state index contributed by atoms with van der Waals surface area (Å²) in [7, 11) is 0. The lowest BCUT2D eigenvalue weighted by Gasteiger charge is -2.18. The van der Waals surface area contributed by atoms with Crippen LogP contribution in [-0.2, 0) is 0 Å². The lowest BCUT2D eigenvalue weighted by atomic mass is 10.2. The number of amides is 1. The summed E-state index contributed by atoms with van der Waals surface area (Å²) in [6, 6.07) is 5.41. The molecule has 0 saturated heterocycles. The molecule has 94 valence electrons. The van der Waals surface area contributed by atoms with Gasteiger partial charge in [-0.05, 0) is 24.6 Å². The number of pyridine rings is 2. The van der Waals surface area contributed by atoms with Crippen molar-refractivity contribution in [2.24, 2.45) is 0 Å². The Morgan fingerprint density at radius 3 is 2.94 bits per heavy atom. The van der Waals surface area contributed by atoms with Crippen molar-refractivity contribution < 1.29 is 9.90 Å². The predicted octanol–water partition coefficient (Wildman–Crippen LogP) is 2.91. The Morgan fingerprint density at radius 2 is 2.22 bits per heavy atom. The van der Waals surface area contributed by atoms with E-state index in [1.165, 1.54) is 4.90 Å². The number of carbonyl (C=O) groups is 1. The summed E-state index contributed by atoms with van der Waals surface area (Å²) in [5.74, 6) is 0. The molecule has 0 spiro atoms. The van der Waals surface area contributed by atoms with Gasteiger partial charge in [-0.25, -0.2) is 4.79 Å². The van der Waals surface area contributed by atoms with Crippen molar-refractivity contribution in [3.05, 3.63) is 30.6 Å². The average Bonchev–Trinajstić information content (AvgIpc) is 2.38. The van der Waals surface area contributed by atoms with Crippen LogP contribution in [0.3, 0.4) is 0 Å². The largest absolute Gasteiger partial charge is 0.465 e. The third kappa shape index (κ3) is 2.56. The molecule has 5 nitrogen and oxygen atoms in total. The van der Waals surface area contributed by atoms with E-state index >= 15 is 0 Å². The van der Waals surface area contributed by atoms with Gasteiger partial charge in [-0.15, -0.1) is 0 Å². The fraction of sp³-hybridized carbons (Fsp3) is 0.308. The van der Waals surface area contributed by atoms with Gasteiger partial charge in [0.2, 0.25) is 0 Å². The van der Waals surface area contributed by atoms with Crippen LogP contribution in [0.1, 0.15) is 19.8 Å². The van der Waals surface area contributed by atoms with E-state index < -0.39 is 6.09 Å². The van der Waals surface area contributed by atoms with Gasteiger partial charge in [0, 0.05) is 12.7 Å². The molecular weight excluding hydrogens is 230 g/mol. The van der Waals surface area contributed by atoms with Crippen LogP contribution >= 0.6 is 0 Å². The lowest BCUT2D eigenvalue weighted by Crippen LogP contribution is -2.30. The van der Waals surface area contributed by atoms with E-state index in [1.54, 1.807) is 24.5 Å². The standard InChI is InChI=1S/C13H15N3O2/c1-2-3-7-16(13(17)18)10-8-12-11(15-9-10)5-4-6-14-12/h4-6,8-9H,2-3,7H2,1H3,(H,17,18). The van der Waals surface area contributed by atoms with Crippen LogP contribution in [0.2, 0.25) is 0 Å². The average molecular weight is 245 g/mol. The zero-order valence-corrected chi connectivity index (χ0v) is 10.2. The highest BCUT2D eigenvalue weighted by Gasteiger charge is 2.14. The van der Waals surface area contributed by atoms with Crippen molar-refractivity contribution in [1.82, 2.24) is 9.97 Å². The van der Waals surface area contributed by atoms with Crippen LogP contribution in [0.15, 0.2) is 30.6 Å². The number of rotatable bonds is 4. The maximum atomic E-state index is 11.2. The van der Waals surface area contributed by atoms with Gasteiger partial charge in [-0.1, -0.05) is 13.3 Å². The van der Waals surface area contributed by atoms with Gasteiger partial charge in [-0.3, -0.25) is 14.9 Å². The van der Waals surface area contributed by atoms with Gasteiger partial charge in [0.05, 0.1) is 22.9 Å². The van der Waals surface area contributed by atoms with E-state index in [1.807, 2.05) is 13.0 Å². The second-order valence-electron chi connectivity index (χ2n) is 4.02. The first-order valence-electron chi connectivity index (χ1n) is 5.93. The van der Waals surface area contributed by atoms with Gasteiger partial charge in [0.15, 0.2) is 0 Å². The fourth-order valence-electron chi connectivity index (χ4n) is 1.74. The molecule has 0 atom stereocenters. The van der Waals surface area contributed by atoms with Crippen molar-refractivity contribution in [2.75, 3.05) is 11.4 Å². The van der Waals surface area contributed by atoms with E-state index in [0.29, 0.717) is 17.7 Å². The number of anilines is 1. The third-order valence-corrected chi connectivity index (χ3v) is 2.71. The molecule has 0 radical (unpaired) electrons. The first-order valence-corrected chi connectivity index (χ1v) is 5.93. The summed E-state index contributed by atoms with van der Waals surface area (Å²) in [5, 5.41) is 9.20. The summed E-state index contributed by atoms with van der Waals surface area (Å²) < 4.78 is 0. The topological polar surface area (TPSA) is 66.3 Å². The number of aromatic nitrogens is 2. The van der Waals surface area contributed by atoms with Gasteiger partial charge < -0.3 is 5.11 Å². The summed E-state index contributed by atoms with van der Waals surface area (Å²) in [4.78, 5) is 20.9. The fourth-order valence-corrected chi connectivity index (χ4v) is 1.74. The molecule has 0 aliphatic rings. The Hall–Kier alpha value is -2.17. The Kier molecular flexibility index (Phi) is 3.72. The molecule has 0 aliphatic heterocycles. The summed E-state index contributed by atoms with van der Waals surface area (Å²) in [6.45, 7) is 2.51. The summed E-state index contributed by atoms with van der Waals surface area (Å²) >= 11 is 0. The molecular formula is C13H15N3O2. The number of hydrogen-bond acceptors (Lipinski definition) is 3. The second kappa shape index (κ2) is 5.44. The molecule has 0 aromatic carbocycles. The highest BCUT2D eigenvalue weighted by Crippen LogP contribution is 2.18. The Labute approximate surface area is 105 Å². The minimum absolute atomic E-state index is 0.478. The minimum atomic E-state index is -0.958. The van der Waals surface area contributed by atoms with Crippen LogP contribution < -0.4 is 4.90 Å². The van der Waals surface area contributed by atoms with Crippen molar-refractivity contribution >= 4 is 22.8 Å². The van der Waals surface area contributed by atoms with Crippen LogP contribution in [0.5, 0.6) is 0 Å². The van der Waals surface area contributed by atoms with E-state index in [4.69, 9.17) is 0 Å². The van der Waals surface area contributed by atoms with E-state index in [9.17, 15) is 9.90 Å². The molecule has 0 fully saturated rings. The smallest absolute Gasteiger partial charge is 0.411 e. The quantitative estimate of drug-likeness (QED) is 0.899. The maximum absolute atomic E-state index is 11.2. The van der Waals surface area contributed by atoms with Crippen molar-refractivity contribution in [1.29, 1.82) is 0 Å². The number of unbranched alkanes of at least 4 members (excludes halogenated alkanes) is 1. The van der Waals surface area contributed by atoms with E-state index in [-0.39, 0.29) is 0 Å². The van der Waals surface area contributed by atoms with Gasteiger partial charge in [-0.2, -0.15) is 0 Å². The van der Waals surface area contributed by atoms with Crippen LogP contribution in [0.25, 0.3) is 11.0 Å². The number of hydrogen-bond donors (Lipinski definition) is 1. The molecule has 5 heteroatoms. The number of nitrogens with zero attached hydrogens (tertiary/aromatic N) is 3. The van der Waals surface area contributed by atoms with Gasteiger partial charge in [0.25, 0.3) is 0 Å². The Balaban J connectivity index is 2.35. The Morgan fingerprint density at radius 1 is 1.39 bits per heavy atom. The SMILES string of the molecule is CCCCN(C(=O)O)c1cnc2cccnc2c1. The second-order valence-corrected chi connectivity index (χ2v) is 4.02. The highest BCUT2D eigenvalue weighted by atomic mass is 16.4. The van der Waals surface area contributed by atoms with Crippen molar-refractivity contribution in [3.63, 3.8) is 0 Å². The molecule has 2 rings (SSSR count). The summed E-state index contributed by atoms with van der Waals surface area (Å²) in [5.41, 5.74) is 2.04. The molecule has 0 saturated carbocycles. The molecule has 2 aromatic heterocycles. The molecule has 0 unspecified atom stereocenters. The third-order valence-electron chi connectivity index (χ3n) is 2.71. The lowest BCUT2D eigenvalue weighted by molar-refractivity contribution is 0.201. The predicted molar refractivity (Wildman–Crippen MR) is 69.8 cm³/mol. The van der Waals surface area contributed by atoms with E-state index in [0.717, 1.165) is 18.4 Å². The zero-order chi connectivity index (χ0) is 13.0. The molecule has 1 N–H and O–H groups in total. The van der Waals surface area contributed by atoms with Crippen LogP contribution in [0, 0.1) is 0 Å². The molecule has 18 heavy (non-hydrogen) atoms. The number of fused-ring (bicyclic) bond motifs is 1. The first-order chi connectivity index (χ1) is 8.72. The molecule has 0 aliphatic carbocycles. The molecule has 1 amide bonds. The van der Waals surface area contributed by atoms with Gasteiger partial charge in [0.1, 0.15) is 0 Å². The van der Waals surface area contributed by atoms with Gasteiger partial charge >= 0.3 is 6.09 Å². The maximum Gasteiger partial charge on any atom is 0.411 e. The summed E-state index contributed by atoms with van der Waals surface area (Å²) in [6.07, 6.45) is 4.06. The minimum Gasteiger partial charge on any atom is -0.465 e. The van der Waals surface area contributed by atoms with Crippen molar-refractivity contribution in [3.8, 4) is 0 Å². The molecule has 0 bridgehead atoms. The zero-order valence-electron chi connectivity index (χ0n) is 10.2. The Bertz CT molecular complexity index is 557. The van der Waals surface area contributed by atoms with Crippen molar-refractivity contribution in [2.45, 2.75) is 19.8 Å².